The first-order valence-electron chi connectivity index (χ1n) is 9.04. The first kappa shape index (κ1) is 21.9. The van der Waals surface area contributed by atoms with Crippen molar-refractivity contribution >= 4 is 29.4 Å². The molecule has 1 fully saturated rings. The molecule has 5 nitrogen and oxygen atoms in total. The highest BCUT2D eigenvalue weighted by Gasteiger charge is 2.60. The number of halogens is 3. The molecule has 8 heteroatoms. The zero-order valence-corrected chi connectivity index (χ0v) is 17.7. The van der Waals surface area contributed by atoms with E-state index in [0.717, 1.165) is 6.07 Å². The Kier molecular flexibility index (Phi) is 6.55. The number of para-hydroxylation sites is 1. The van der Waals surface area contributed by atoms with Gasteiger partial charge in [0.2, 0.25) is 6.10 Å². The first-order chi connectivity index (χ1) is 14.2. The van der Waals surface area contributed by atoms with E-state index in [0.29, 0.717) is 5.75 Å². The second-order valence-electron chi connectivity index (χ2n) is 7.32. The maximum atomic E-state index is 14.1. The van der Waals surface area contributed by atoms with Crippen LogP contribution in [-0.4, -0.2) is 12.3 Å². The Balaban J connectivity index is 1.69. The normalized spacial score (nSPS) is 19.7. The van der Waals surface area contributed by atoms with Crippen molar-refractivity contribution < 1.29 is 23.4 Å². The van der Waals surface area contributed by atoms with Crippen molar-refractivity contribution in [2.45, 2.75) is 26.1 Å². The zero-order valence-electron chi connectivity index (χ0n) is 16.1. The summed E-state index contributed by atoms with van der Waals surface area (Å²) in [4.78, 5) is 12.2. The molecule has 2 aromatic carbocycles. The van der Waals surface area contributed by atoms with Gasteiger partial charge in [0, 0.05) is 16.9 Å². The van der Waals surface area contributed by atoms with Crippen LogP contribution in [0.2, 0.25) is 0 Å². The molecule has 156 valence electrons. The van der Waals surface area contributed by atoms with Gasteiger partial charge in [0.25, 0.3) is 0 Å². The van der Waals surface area contributed by atoms with Gasteiger partial charge in [-0.25, -0.2) is 9.18 Å². The molecule has 3 unspecified atom stereocenters. The van der Waals surface area contributed by atoms with Crippen LogP contribution in [0.25, 0.3) is 0 Å². The van der Waals surface area contributed by atoms with Gasteiger partial charge >= 0.3 is 6.16 Å². The lowest BCUT2D eigenvalue weighted by Crippen LogP contribution is -2.15. The Morgan fingerprint density at radius 3 is 2.57 bits per heavy atom. The van der Waals surface area contributed by atoms with Crippen LogP contribution in [-0.2, 0) is 9.47 Å². The van der Waals surface area contributed by atoms with Crippen LogP contribution < -0.4 is 4.74 Å². The molecule has 0 bridgehead atoms. The molecule has 3 atom stereocenters. The van der Waals surface area contributed by atoms with Gasteiger partial charge in [-0.2, -0.15) is 5.26 Å². The summed E-state index contributed by atoms with van der Waals surface area (Å²) in [5.41, 5.74) is -0.111. The minimum atomic E-state index is -1.30. The summed E-state index contributed by atoms with van der Waals surface area (Å²) >= 11 is 11.4. The van der Waals surface area contributed by atoms with Gasteiger partial charge in [0.15, 0.2) is 11.6 Å². The number of hydrogen-bond donors (Lipinski definition) is 0. The predicted molar refractivity (Wildman–Crippen MR) is 110 cm³/mol. The molecule has 0 aromatic heterocycles. The predicted octanol–water partition coefficient (Wildman–Crippen LogP) is 6.68. The molecule has 0 heterocycles. The SMILES string of the molecule is CC1(C)C(C=C(Cl)Cl)C1OC(=O)OC(C#N)c1ccc(F)c(Oc2ccccc2)c1. The second kappa shape index (κ2) is 8.95. The molecule has 0 aliphatic heterocycles. The highest BCUT2D eigenvalue weighted by atomic mass is 35.5. The minimum absolute atomic E-state index is 0.0831. The Morgan fingerprint density at radius 2 is 1.93 bits per heavy atom. The summed E-state index contributed by atoms with van der Waals surface area (Å²) < 4.78 is 30.2. The molecular weight excluding hydrogens is 432 g/mol. The van der Waals surface area contributed by atoms with E-state index in [9.17, 15) is 14.4 Å². The van der Waals surface area contributed by atoms with E-state index >= 15 is 0 Å². The average molecular weight is 450 g/mol. The lowest BCUT2D eigenvalue weighted by molar-refractivity contribution is 0.0255. The van der Waals surface area contributed by atoms with Gasteiger partial charge in [-0.1, -0.05) is 61.3 Å². The number of hydrogen-bond acceptors (Lipinski definition) is 5. The summed E-state index contributed by atoms with van der Waals surface area (Å²) in [5, 5.41) is 9.44. The van der Waals surface area contributed by atoms with Crippen molar-refractivity contribution in [3.8, 4) is 17.6 Å². The van der Waals surface area contributed by atoms with E-state index < -0.39 is 24.2 Å². The average Bonchev–Trinajstić information content (AvgIpc) is 3.20. The fraction of sp³-hybridized carbons (Fsp3) is 0.273. The van der Waals surface area contributed by atoms with E-state index in [1.807, 2.05) is 19.9 Å². The highest BCUT2D eigenvalue weighted by molar-refractivity contribution is 6.55. The fourth-order valence-electron chi connectivity index (χ4n) is 3.07. The quantitative estimate of drug-likeness (QED) is 0.460. The second-order valence-corrected chi connectivity index (χ2v) is 8.33. The van der Waals surface area contributed by atoms with E-state index in [1.54, 1.807) is 36.4 Å². The van der Waals surface area contributed by atoms with E-state index in [4.69, 9.17) is 37.4 Å². The van der Waals surface area contributed by atoms with Crippen LogP contribution in [0, 0.1) is 28.5 Å². The third kappa shape index (κ3) is 5.05. The Morgan fingerprint density at radius 1 is 1.23 bits per heavy atom. The number of ether oxygens (including phenoxy) is 3. The fourth-order valence-corrected chi connectivity index (χ4v) is 3.34. The Labute approximate surface area is 183 Å². The highest BCUT2D eigenvalue weighted by Crippen LogP contribution is 2.55. The zero-order chi connectivity index (χ0) is 21.9. The van der Waals surface area contributed by atoms with Crippen LogP contribution in [0.4, 0.5) is 9.18 Å². The van der Waals surface area contributed by atoms with Crippen LogP contribution in [0.15, 0.2) is 59.1 Å². The smallest absolute Gasteiger partial charge is 0.454 e. The molecule has 1 aliphatic carbocycles. The molecule has 0 amide bonds. The summed E-state index contributed by atoms with van der Waals surface area (Å²) in [7, 11) is 0. The molecule has 0 saturated heterocycles. The Hall–Kier alpha value is -2.75. The van der Waals surface area contributed by atoms with Crippen LogP contribution >= 0.6 is 23.2 Å². The van der Waals surface area contributed by atoms with Crippen molar-refractivity contribution in [1.29, 1.82) is 5.26 Å². The number of carbonyl (C=O) groups is 1. The van der Waals surface area contributed by atoms with Gasteiger partial charge in [-0.3, -0.25) is 0 Å². The topological polar surface area (TPSA) is 68.5 Å². The van der Waals surface area contributed by atoms with Crippen LogP contribution in [0.5, 0.6) is 11.5 Å². The van der Waals surface area contributed by atoms with Crippen LogP contribution in [0.1, 0.15) is 25.5 Å². The monoisotopic (exact) mass is 449 g/mol. The Bertz CT molecular complexity index is 1000. The molecule has 0 N–H and O–H groups in total. The summed E-state index contributed by atoms with van der Waals surface area (Å²) in [5.74, 6) is -0.446. The van der Waals surface area contributed by atoms with E-state index in [1.165, 1.54) is 12.1 Å². The van der Waals surface area contributed by atoms with Gasteiger partial charge < -0.3 is 14.2 Å². The molecule has 30 heavy (non-hydrogen) atoms. The lowest BCUT2D eigenvalue weighted by Gasteiger charge is -2.14. The molecule has 0 spiro atoms. The minimum Gasteiger partial charge on any atom is -0.454 e. The summed E-state index contributed by atoms with van der Waals surface area (Å²) in [6.45, 7) is 3.77. The molecule has 1 aliphatic rings. The van der Waals surface area contributed by atoms with Gasteiger partial charge in [0.05, 0.1) is 0 Å². The largest absolute Gasteiger partial charge is 0.510 e. The molecule has 1 saturated carbocycles. The third-order valence-electron chi connectivity index (χ3n) is 4.90. The van der Waals surface area contributed by atoms with E-state index in [-0.39, 0.29) is 27.1 Å². The number of benzene rings is 2. The number of nitriles is 1. The molecule has 3 rings (SSSR count). The standard InChI is InChI=1S/C22H18Cl2FNO4/c1-22(2)15(11-19(23)24)20(22)30-21(27)29-18(12-26)13-8-9-16(25)17(10-13)28-14-6-4-3-5-7-14/h3-11,15,18,20H,1-2H3. The maximum absolute atomic E-state index is 14.1. The van der Waals surface area contributed by atoms with E-state index in [2.05, 4.69) is 0 Å². The van der Waals surface area contributed by atoms with Crippen molar-refractivity contribution in [3.05, 3.63) is 70.5 Å². The van der Waals surface area contributed by atoms with Gasteiger partial charge in [-0.05, 0) is 30.3 Å². The van der Waals surface area contributed by atoms with Crippen LogP contribution in [0.3, 0.4) is 0 Å². The third-order valence-corrected chi connectivity index (χ3v) is 5.15. The first-order valence-corrected chi connectivity index (χ1v) is 9.80. The van der Waals surface area contributed by atoms with Crippen molar-refractivity contribution in [2.24, 2.45) is 11.3 Å². The number of rotatable bonds is 6. The van der Waals surface area contributed by atoms with Crippen molar-refractivity contribution in [1.82, 2.24) is 0 Å². The maximum Gasteiger partial charge on any atom is 0.510 e. The molecule has 0 radical (unpaired) electrons. The van der Waals surface area contributed by atoms with Gasteiger partial charge in [-0.15, -0.1) is 0 Å². The molecular formula is C22H18Cl2FNO4. The number of carbonyl (C=O) groups excluding carboxylic acids is 1. The molecule has 2 aromatic rings. The lowest BCUT2D eigenvalue weighted by atomic mass is 10.1. The summed E-state index contributed by atoms with van der Waals surface area (Å²) in [6.07, 6.45) is -1.21. The van der Waals surface area contributed by atoms with Crippen molar-refractivity contribution in [2.75, 3.05) is 0 Å². The van der Waals surface area contributed by atoms with Gasteiger partial charge in [0.1, 0.15) is 22.4 Å². The van der Waals surface area contributed by atoms with Crippen molar-refractivity contribution in [3.63, 3.8) is 0 Å². The summed E-state index contributed by atoms with van der Waals surface area (Å²) in [6, 6.07) is 14.3. The number of nitrogens with zero attached hydrogens (tertiary/aromatic N) is 1.